The summed E-state index contributed by atoms with van der Waals surface area (Å²) in [6.07, 6.45) is 0. The van der Waals surface area contributed by atoms with Crippen LogP contribution in [0.1, 0.15) is 5.56 Å². The molecule has 0 spiro atoms. The summed E-state index contributed by atoms with van der Waals surface area (Å²) in [5, 5.41) is 23.7. The van der Waals surface area contributed by atoms with Crippen molar-refractivity contribution >= 4 is 11.4 Å². The molecule has 0 atom stereocenters. The van der Waals surface area contributed by atoms with Crippen molar-refractivity contribution < 1.29 is 14.8 Å². The minimum absolute atomic E-state index is 0.000464. The molecule has 2 rings (SSSR count). The fourth-order valence-corrected chi connectivity index (χ4v) is 1.79. The number of hydrogen-bond donors (Lipinski definition) is 2. The number of para-hydroxylation sites is 2. The molecule has 6 heteroatoms. The third-order valence-corrected chi connectivity index (χ3v) is 2.86. The average Bonchev–Trinajstić information content (AvgIpc) is 2.46. The van der Waals surface area contributed by atoms with E-state index >= 15 is 0 Å². The maximum Gasteiger partial charge on any atom is 0.292 e. The molecule has 2 N–H and O–H groups in total. The highest BCUT2D eigenvalue weighted by molar-refractivity contribution is 5.61. The Bertz CT molecular complexity index is 628. The Labute approximate surface area is 115 Å². The van der Waals surface area contributed by atoms with E-state index in [4.69, 9.17) is 4.74 Å². The molecular weight excluding hydrogens is 260 g/mol. The van der Waals surface area contributed by atoms with Crippen molar-refractivity contribution in [3.8, 4) is 11.5 Å². The normalized spacial score (nSPS) is 10.1. The van der Waals surface area contributed by atoms with E-state index in [9.17, 15) is 15.2 Å². The fourth-order valence-electron chi connectivity index (χ4n) is 1.79. The smallest absolute Gasteiger partial charge is 0.292 e. The van der Waals surface area contributed by atoms with Gasteiger partial charge in [-0.25, -0.2) is 0 Å². The van der Waals surface area contributed by atoms with Crippen molar-refractivity contribution in [3.05, 3.63) is 58.1 Å². The van der Waals surface area contributed by atoms with Crippen LogP contribution in [-0.4, -0.2) is 17.1 Å². The molecular formula is C14H14N2O4. The molecule has 104 valence electrons. The van der Waals surface area contributed by atoms with E-state index in [1.165, 1.54) is 19.2 Å². The number of nitro benzene ring substituents is 1. The molecule has 20 heavy (non-hydrogen) atoms. The number of nitro groups is 1. The van der Waals surface area contributed by atoms with Gasteiger partial charge in [-0.15, -0.1) is 0 Å². The summed E-state index contributed by atoms with van der Waals surface area (Å²) in [6, 6.07) is 11.3. The van der Waals surface area contributed by atoms with E-state index in [1.54, 1.807) is 30.3 Å². The number of phenolic OH excluding ortho intramolecular Hbond substituents is 1. The Morgan fingerprint density at radius 1 is 1.30 bits per heavy atom. The summed E-state index contributed by atoms with van der Waals surface area (Å²) in [5.74, 6) is 0.632. The van der Waals surface area contributed by atoms with Crippen LogP contribution in [0.5, 0.6) is 11.5 Å². The number of rotatable bonds is 5. The summed E-state index contributed by atoms with van der Waals surface area (Å²) < 4.78 is 4.99. The third kappa shape index (κ3) is 2.97. The number of nitrogens with zero attached hydrogens (tertiary/aromatic N) is 1. The minimum atomic E-state index is -0.448. The van der Waals surface area contributed by atoms with Crippen LogP contribution in [0, 0.1) is 10.1 Å². The second kappa shape index (κ2) is 5.92. The fraction of sp³-hybridized carbons (Fsp3) is 0.143. The van der Waals surface area contributed by atoms with E-state index in [0.29, 0.717) is 17.0 Å². The molecule has 0 saturated heterocycles. The molecule has 0 unspecified atom stereocenters. The van der Waals surface area contributed by atoms with Gasteiger partial charge in [-0.1, -0.05) is 12.1 Å². The maximum absolute atomic E-state index is 10.9. The summed E-state index contributed by atoms with van der Waals surface area (Å²) in [6.45, 7) is 0.278. The maximum atomic E-state index is 10.9. The number of hydrogen-bond acceptors (Lipinski definition) is 5. The van der Waals surface area contributed by atoms with Gasteiger partial charge in [0.25, 0.3) is 5.69 Å². The summed E-state index contributed by atoms with van der Waals surface area (Å²) in [5.41, 5.74) is 1.04. The Morgan fingerprint density at radius 2 is 2.05 bits per heavy atom. The quantitative estimate of drug-likeness (QED) is 0.646. The molecule has 0 aliphatic carbocycles. The Balaban J connectivity index is 2.15. The first kappa shape index (κ1) is 13.7. The number of phenols is 1. The van der Waals surface area contributed by atoms with Gasteiger partial charge in [-0.2, -0.15) is 0 Å². The van der Waals surface area contributed by atoms with Crippen LogP contribution in [0.25, 0.3) is 0 Å². The van der Waals surface area contributed by atoms with Gasteiger partial charge >= 0.3 is 0 Å². The van der Waals surface area contributed by atoms with Gasteiger partial charge in [0.05, 0.1) is 12.0 Å². The van der Waals surface area contributed by atoms with Crippen molar-refractivity contribution in [1.82, 2.24) is 0 Å². The summed E-state index contributed by atoms with van der Waals surface area (Å²) in [7, 11) is 1.51. The molecule has 0 amide bonds. The van der Waals surface area contributed by atoms with E-state index in [1.807, 2.05) is 0 Å². The highest BCUT2D eigenvalue weighted by Crippen LogP contribution is 2.27. The van der Waals surface area contributed by atoms with Crippen LogP contribution >= 0.6 is 0 Å². The predicted octanol–water partition coefficient (Wildman–Crippen LogP) is 2.92. The lowest BCUT2D eigenvalue weighted by molar-refractivity contribution is -0.384. The number of ether oxygens (including phenoxy) is 1. The number of benzene rings is 2. The van der Waals surface area contributed by atoms with E-state index < -0.39 is 4.92 Å². The van der Waals surface area contributed by atoms with Gasteiger partial charge in [-0.3, -0.25) is 10.1 Å². The number of aromatic hydroxyl groups is 1. The largest absolute Gasteiger partial charge is 0.507 e. The molecule has 0 saturated carbocycles. The van der Waals surface area contributed by atoms with E-state index in [-0.39, 0.29) is 18.0 Å². The summed E-state index contributed by atoms with van der Waals surface area (Å²) >= 11 is 0. The van der Waals surface area contributed by atoms with Crippen molar-refractivity contribution in [1.29, 1.82) is 0 Å². The minimum Gasteiger partial charge on any atom is -0.507 e. The van der Waals surface area contributed by atoms with Crippen molar-refractivity contribution in [2.45, 2.75) is 6.54 Å². The lowest BCUT2D eigenvalue weighted by atomic mass is 10.2. The van der Waals surface area contributed by atoms with Crippen molar-refractivity contribution in [2.75, 3.05) is 12.4 Å². The van der Waals surface area contributed by atoms with Gasteiger partial charge in [0.15, 0.2) is 0 Å². The van der Waals surface area contributed by atoms with Crippen LogP contribution in [0.15, 0.2) is 42.5 Å². The zero-order valence-corrected chi connectivity index (χ0v) is 10.9. The van der Waals surface area contributed by atoms with Gasteiger partial charge in [0, 0.05) is 24.2 Å². The lowest BCUT2D eigenvalue weighted by Gasteiger charge is -2.09. The number of methoxy groups -OCH3 is 1. The molecule has 2 aromatic rings. The molecule has 0 fully saturated rings. The summed E-state index contributed by atoms with van der Waals surface area (Å²) in [4.78, 5) is 10.4. The third-order valence-electron chi connectivity index (χ3n) is 2.86. The average molecular weight is 274 g/mol. The first-order chi connectivity index (χ1) is 9.61. The van der Waals surface area contributed by atoms with Gasteiger partial charge in [0.1, 0.15) is 17.2 Å². The lowest BCUT2D eigenvalue weighted by Crippen LogP contribution is -2.02. The zero-order valence-electron chi connectivity index (χ0n) is 10.9. The highest BCUT2D eigenvalue weighted by atomic mass is 16.6. The molecule has 0 aliphatic rings. The van der Waals surface area contributed by atoms with Gasteiger partial charge < -0.3 is 15.2 Å². The van der Waals surface area contributed by atoms with E-state index in [2.05, 4.69) is 5.32 Å². The first-order valence-electron chi connectivity index (χ1n) is 5.95. The van der Waals surface area contributed by atoms with E-state index in [0.717, 1.165) is 0 Å². The molecule has 6 nitrogen and oxygen atoms in total. The molecule has 2 aromatic carbocycles. The zero-order chi connectivity index (χ0) is 14.5. The Kier molecular flexibility index (Phi) is 4.05. The molecule has 0 radical (unpaired) electrons. The number of nitrogens with one attached hydrogen (secondary N) is 1. The van der Waals surface area contributed by atoms with Gasteiger partial charge in [0.2, 0.25) is 0 Å². The SMILES string of the molecule is COc1ccc(CNc2ccccc2[N+](=O)[O-])c(O)c1. The topological polar surface area (TPSA) is 84.6 Å². The second-order valence-corrected chi connectivity index (χ2v) is 4.12. The van der Waals surface area contributed by atoms with Crippen LogP contribution in [-0.2, 0) is 6.54 Å². The molecule has 0 aliphatic heterocycles. The van der Waals surface area contributed by atoms with Crippen LogP contribution in [0.3, 0.4) is 0 Å². The highest BCUT2D eigenvalue weighted by Gasteiger charge is 2.12. The first-order valence-corrected chi connectivity index (χ1v) is 5.95. The molecule has 0 bridgehead atoms. The number of anilines is 1. The monoisotopic (exact) mass is 274 g/mol. The van der Waals surface area contributed by atoms with Crippen LogP contribution < -0.4 is 10.1 Å². The second-order valence-electron chi connectivity index (χ2n) is 4.12. The standard InChI is InChI=1S/C14H14N2O4/c1-20-11-7-6-10(14(17)8-11)9-15-12-4-2-3-5-13(12)16(18)19/h2-8,15,17H,9H2,1H3. The van der Waals surface area contributed by atoms with Gasteiger partial charge in [-0.05, 0) is 18.2 Å². The van der Waals surface area contributed by atoms with Crippen LogP contribution in [0.4, 0.5) is 11.4 Å². The van der Waals surface area contributed by atoms with Crippen molar-refractivity contribution in [2.24, 2.45) is 0 Å². The van der Waals surface area contributed by atoms with Crippen molar-refractivity contribution in [3.63, 3.8) is 0 Å². The van der Waals surface area contributed by atoms with Crippen LogP contribution in [0.2, 0.25) is 0 Å². The molecule has 0 heterocycles. The Morgan fingerprint density at radius 3 is 2.70 bits per heavy atom. The molecule has 0 aromatic heterocycles. The Hall–Kier alpha value is -2.76. The predicted molar refractivity (Wildman–Crippen MR) is 75.1 cm³/mol.